The third kappa shape index (κ3) is 3.04. The maximum absolute atomic E-state index is 13.3. The lowest BCUT2D eigenvalue weighted by atomic mass is 9.78. The van der Waals surface area contributed by atoms with Gasteiger partial charge in [-0.15, -0.1) is 0 Å². The molecule has 0 unspecified atom stereocenters. The Morgan fingerprint density at radius 1 is 1.22 bits per heavy atom. The Morgan fingerprint density at radius 2 is 1.78 bits per heavy atom. The Labute approximate surface area is 160 Å². The Hall–Kier alpha value is 0.0800. The molecule has 3 nitrogen and oxygen atoms in total. The van der Waals surface area contributed by atoms with Crippen LogP contribution in [0.25, 0.3) is 0 Å². The highest BCUT2D eigenvalue weighted by Gasteiger charge is 2.52. The summed E-state index contributed by atoms with van der Waals surface area (Å²) in [7, 11) is -3.49. The molecule has 0 radical (unpaired) electrons. The third-order valence-corrected chi connectivity index (χ3v) is 10.1. The minimum absolute atomic E-state index is 0.352. The molecular formula is C17H21BrINO2S. The van der Waals surface area contributed by atoms with Crippen molar-refractivity contribution >= 4 is 48.5 Å². The molecule has 3 rings (SSSR count). The van der Waals surface area contributed by atoms with Gasteiger partial charge in [0.15, 0.2) is 0 Å². The molecule has 1 fully saturated rings. The van der Waals surface area contributed by atoms with E-state index in [1.54, 1.807) is 16.4 Å². The third-order valence-electron chi connectivity index (χ3n) is 5.12. The molecule has 1 heterocycles. The fourth-order valence-electron chi connectivity index (χ4n) is 3.57. The van der Waals surface area contributed by atoms with Crippen LogP contribution in [0.3, 0.4) is 0 Å². The molecule has 0 N–H and O–H groups in total. The second-order valence-electron chi connectivity index (χ2n) is 6.76. The molecule has 6 heteroatoms. The van der Waals surface area contributed by atoms with E-state index in [0.29, 0.717) is 17.4 Å². The molecule has 1 saturated carbocycles. The van der Waals surface area contributed by atoms with Crippen molar-refractivity contribution < 1.29 is 8.42 Å². The van der Waals surface area contributed by atoms with Crippen LogP contribution < -0.4 is 0 Å². The maximum atomic E-state index is 13.3. The lowest BCUT2D eigenvalue weighted by molar-refractivity contribution is 0.175. The molecule has 1 aliphatic heterocycles. The van der Waals surface area contributed by atoms with Crippen molar-refractivity contribution in [3.63, 3.8) is 0 Å². The molecule has 126 valence electrons. The number of rotatable bonds is 2. The van der Waals surface area contributed by atoms with Crippen molar-refractivity contribution in [1.82, 2.24) is 4.31 Å². The molecule has 23 heavy (non-hydrogen) atoms. The summed E-state index contributed by atoms with van der Waals surface area (Å²) >= 11 is 5.96. The van der Waals surface area contributed by atoms with Gasteiger partial charge < -0.3 is 0 Å². The molecule has 0 saturated heterocycles. The predicted octanol–water partition coefficient (Wildman–Crippen LogP) is 4.99. The first kappa shape index (κ1) is 17.9. The predicted molar refractivity (Wildman–Crippen MR) is 105 cm³/mol. The van der Waals surface area contributed by atoms with Crippen molar-refractivity contribution in [2.75, 3.05) is 6.54 Å². The summed E-state index contributed by atoms with van der Waals surface area (Å²) in [5.41, 5.74) is 0.718. The van der Waals surface area contributed by atoms with E-state index in [2.05, 4.69) is 45.4 Å². The largest absolute Gasteiger partial charge is 0.244 e. The fourth-order valence-corrected chi connectivity index (χ4v) is 7.29. The number of hydrogen-bond acceptors (Lipinski definition) is 2. The van der Waals surface area contributed by atoms with Crippen LogP contribution in [0.5, 0.6) is 0 Å². The van der Waals surface area contributed by atoms with E-state index in [9.17, 15) is 8.42 Å². The number of halogens is 2. The second kappa shape index (κ2) is 6.42. The van der Waals surface area contributed by atoms with Gasteiger partial charge in [-0.1, -0.05) is 40.5 Å². The Bertz CT molecular complexity index is 734. The average molecular weight is 510 g/mol. The van der Waals surface area contributed by atoms with Crippen LogP contribution in [0.15, 0.2) is 37.2 Å². The van der Waals surface area contributed by atoms with Gasteiger partial charge in [0, 0.05) is 14.6 Å². The highest BCUT2D eigenvalue weighted by molar-refractivity contribution is 14.1. The highest BCUT2D eigenvalue weighted by Crippen LogP contribution is 2.52. The number of nitrogens with zero attached hydrogens (tertiary/aromatic N) is 1. The van der Waals surface area contributed by atoms with Crippen LogP contribution in [-0.4, -0.2) is 24.8 Å². The number of benzene rings is 1. The van der Waals surface area contributed by atoms with Crippen LogP contribution in [-0.2, 0) is 10.0 Å². The molecule has 0 bridgehead atoms. The first-order valence-corrected chi connectivity index (χ1v) is 11.2. The lowest BCUT2D eigenvalue weighted by Gasteiger charge is -2.43. The molecule has 2 aliphatic rings. The topological polar surface area (TPSA) is 37.4 Å². The molecule has 0 atom stereocenters. The quantitative estimate of drug-likeness (QED) is 0.526. The van der Waals surface area contributed by atoms with Crippen molar-refractivity contribution in [2.45, 2.75) is 50.0 Å². The summed E-state index contributed by atoms with van der Waals surface area (Å²) < 4.78 is 30.5. The Kier molecular flexibility index (Phi) is 5.00. The van der Waals surface area contributed by atoms with Crippen LogP contribution in [0.1, 0.15) is 38.2 Å². The number of hydrogen-bond donors (Lipinski definition) is 0. The van der Waals surface area contributed by atoms with Gasteiger partial charge >= 0.3 is 0 Å². The van der Waals surface area contributed by atoms with E-state index in [0.717, 1.165) is 39.3 Å². The number of sulfonamides is 1. The standard InChI is InChI=1S/C17H21BrINO2S/c1-12-3-5-14(6-4-12)23(21,22)20-11-15(18)16(19)17(20)9-7-13(2)8-10-17/h3-6,13H,7-11H2,1-2H3. The van der Waals surface area contributed by atoms with Gasteiger partial charge in [0.1, 0.15) is 0 Å². The summed E-state index contributed by atoms with van der Waals surface area (Å²) in [6.45, 7) is 4.67. The SMILES string of the molecule is Cc1ccc(S(=O)(=O)N2CC(Br)=C(I)C23CCC(C)CC3)cc1. The summed E-state index contributed by atoms with van der Waals surface area (Å²) in [5.74, 6) is 0.674. The van der Waals surface area contributed by atoms with Crippen molar-refractivity contribution in [3.05, 3.63) is 37.9 Å². The van der Waals surface area contributed by atoms with Crippen LogP contribution >= 0.6 is 38.5 Å². The van der Waals surface area contributed by atoms with Gasteiger partial charge in [0.05, 0.1) is 10.4 Å². The van der Waals surface area contributed by atoms with Crippen LogP contribution in [0.2, 0.25) is 0 Å². The van der Waals surface area contributed by atoms with Gasteiger partial charge in [-0.3, -0.25) is 0 Å². The van der Waals surface area contributed by atoms with Crippen LogP contribution in [0, 0.1) is 12.8 Å². The van der Waals surface area contributed by atoms with Gasteiger partial charge in [-0.05, 0) is 73.2 Å². The second-order valence-corrected chi connectivity index (χ2v) is 10.7. The van der Waals surface area contributed by atoms with E-state index in [1.807, 2.05) is 19.1 Å². The Morgan fingerprint density at radius 3 is 2.35 bits per heavy atom. The first-order chi connectivity index (χ1) is 10.8. The summed E-state index contributed by atoms with van der Waals surface area (Å²) in [4.78, 5) is 0.396. The van der Waals surface area contributed by atoms with E-state index >= 15 is 0 Å². The molecule has 0 amide bonds. The average Bonchev–Trinajstić information content (AvgIpc) is 2.76. The summed E-state index contributed by atoms with van der Waals surface area (Å²) in [6, 6.07) is 7.18. The van der Waals surface area contributed by atoms with Gasteiger partial charge in [0.2, 0.25) is 10.0 Å². The summed E-state index contributed by atoms with van der Waals surface area (Å²) in [6.07, 6.45) is 3.97. The number of aryl methyl sites for hydroxylation is 1. The minimum Gasteiger partial charge on any atom is -0.207 e. The molecule has 1 aromatic rings. The minimum atomic E-state index is -3.49. The maximum Gasteiger partial charge on any atom is 0.244 e. The van der Waals surface area contributed by atoms with Crippen LogP contribution in [0.4, 0.5) is 0 Å². The van der Waals surface area contributed by atoms with Gasteiger partial charge in [-0.25, -0.2) is 8.42 Å². The lowest BCUT2D eigenvalue weighted by Crippen LogP contribution is -2.50. The molecular weight excluding hydrogens is 489 g/mol. The van der Waals surface area contributed by atoms with Gasteiger partial charge in [-0.2, -0.15) is 4.31 Å². The Balaban J connectivity index is 2.03. The normalized spacial score (nSPS) is 29.5. The van der Waals surface area contributed by atoms with Crippen molar-refractivity contribution in [2.24, 2.45) is 5.92 Å². The molecule has 0 aromatic heterocycles. The van der Waals surface area contributed by atoms with Gasteiger partial charge in [0.25, 0.3) is 0 Å². The first-order valence-electron chi connectivity index (χ1n) is 7.91. The van der Waals surface area contributed by atoms with E-state index < -0.39 is 10.0 Å². The van der Waals surface area contributed by atoms with E-state index in [1.165, 1.54) is 0 Å². The highest BCUT2D eigenvalue weighted by atomic mass is 127. The monoisotopic (exact) mass is 509 g/mol. The van der Waals surface area contributed by atoms with E-state index in [4.69, 9.17) is 0 Å². The van der Waals surface area contributed by atoms with Crippen molar-refractivity contribution in [1.29, 1.82) is 0 Å². The fraction of sp³-hybridized carbons (Fsp3) is 0.529. The smallest absolute Gasteiger partial charge is 0.207 e. The zero-order chi connectivity index (χ0) is 16.8. The van der Waals surface area contributed by atoms with E-state index in [-0.39, 0.29) is 5.54 Å². The van der Waals surface area contributed by atoms with Crippen molar-refractivity contribution in [3.8, 4) is 0 Å². The molecule has 1 aliphatic carbocycles. The molecule has 1 spiro atoms. The summed E-state index contributed by atoms with van der Waals surface area (Å²) in [5, 5.41) is 0. The molecule has 1 aromatic carbocycles. The zero-order valence-corrected chi connectivity index (χ0v) is 17.9. The zero-order valence-electron chi connectivity index (χ0n) is 13.4.